The van der Waals surface area contributed by atoms with Gasteiger partial charge in [-0.2, -0.15) is 0 Å². The SMILES string of the molecule is Cc1cccc(C(C)(C)NCCn2ccnc2)c1. The molecule has 18 heavy (non-hydrogen) atoms. The number of benzene rings is 1. The molecule has 0 bridgehead atoms. The standard InChI is InChI=1S/C15H21N3/c1-13-5-4-6-14(11-13)15(2,3)17-8-10-18-9-7-16-12-18/h4-7,9,11-12,17H,8,10H2,1-3H3. The quantitative estimate of drug-likeness (QED) is 0.875. The van der Waals surface area contributed by atoms with Crippen molar-refractivity contribution in [1.29, 1.82) is 0 Å². The Kier molecular flexibility index (Phi) is 3.82. The summed E-state index contributed by atoms with van der Waals surface area (Å²) in [5.74, 6) is 0. The number of hydrogen-bond donors (Lipinski definition) is 1. The van der Waals surface area contributed by atoms with E-state index in [1.54, 1.807) is 0 Å². The first-order chi connectivity index (χ1) is 8.58. The fourth-order valence-corrected chi connectivity index (χ4v) is 2.05. The molecule has 3 nitrogen and oxygen atoms in total. The Labute approximate surface area is 109 Å². The molecular formula is C15H21N3. The van der Waals surface area contributed by atoms with Crippen molar-refractivity contribution in [2.75, 3.05) is 6.54 Å². The molecule has 2 rings (SSSR count). The topological polar surface area (TPSA) is 29.9 Å². The Balaban J connectivity index is 1.94. The fraction of sp³-hybridized carbons (Fsp3) is 0.400. The maximum Gasteiger partial charge on any atom is 0.0946 e. The summed E-state index contributed by atoms with van der Waals surface area (Å²) in [6.07, 6.45) is 5.65. The summed E-state index contributed by atoms with van der Waals surface area (Å²) in [6.45, 7) is 8.43. The Morgan fingerprint density at radius 3 is 2.83 bits per heavy atom. The molecule has 1 heterocycles. The van der Waals surface area contributed by atoms with E-state index in [1.165, 1.54) is 11.1 Å². The number of imidazole rings is 1. The van der Waals surface area contributed by atoms with Gasteiger partial charge in [-0.25, -0.2) is 4.98 Å². The fourth-order valence-electron chi connectivity index (χ4n) is 2.05. The van der Waals surface area contributed by atoms with Gasteiger partial charge in [0.25, 0.3) is 0 Å². The normalized spacial score (nSPS) is 11.7. The Bertz CT molecular complexity index is 486. The minimum atomic E-state index is -0.00734. The van der Waals surface area contributed by atoms with Gasteiger partial charge in [-0.3, -0.25) is 0 Å². The van der Waals surface area contributed by atoms with E-state index < -0.39 is 0 Å². The van der Waals surface area contributed by atoms with E-state index >= 15 is 0 Å². The summed E-state index contributed by atoms with van der Waals surface area (Å²) in [6, 6.07) is 8.66. The maximum atomic E-state index is 4.04. The lowest BCUT2D eigenvalue weighted by molar-refractivity contribution is 0.391. The van der Waals surface area contributed by atoms with Crippen LogP contribution in [0, 0.1) is 6.92 Å². The van der Waals surface area contributed by atoms with Crippen LogP contribution in [-0.2, 0) is 12.1 Å². The van der Waals surface area contributed by atoms with Crippen LogP contribution in [0.25, 0.3) is 0 Å². The van der Waals surface area contributed by atoms with Gasteiger partial charge in [0.1, 0.15) is 0 Å². The highest BCUT2D eigenvalue weighted by Gasteiger charge is 2.19. The molecule has 2 aromatic rings. The van der Waals surface area contributed by atoms with Crippen LogP contribution in [0.1, 0.15) is 25.0 Å². The smallest absolute Gasteiger partial charge is 0.0946 e. The molecule has 0 amide bonds. The van der Waals surface area contributed by atoms with Crippen LogP contribution in [0.4, 0.5) is 0 Å². The van der Waals surface area contributed by atoms with Crippen LogP contribution in [0.2, 0.25) is 0 Å². The third-order valence-corrected chi connectivity index (χ3v) is 3.24. The van der Waals surface area contributed by atoms with Crippen molar-refractivity contribution in [3.05, 3.63) is 54.1 Å². The van der Waals surface area contributed by atoms with E-state index in [0.717, 1.165) is 13.1 Å². The third kappa shape index (κ3) is 3.20. The van der Waals surface area contributed by atoms with E-state index in [9.17, 15) is 0 Å². The minimum absolute atomic E-state index is 0.00734. The van der Waals surface area contributed by atoms with Crippen LogP contribution in [0.3, 0.4) is 0 Å². The van der Waals surface area contributed by atoms with E-state index in [-0.39, 0.29) is 5.54 Å². The summed E-state index contributed by atoms with van der Waals surface area (Å²) in [4.78, 5) is 4.04. The molecule has 3 heteroatoms. The predicted molar refractivity (Wildman–Crippen MR) is 74.4 cm³/mol. The number of aryl methyl sites for hydroxylation is 1. The molecular weight excluding hydrogens is 222 g/mol. The molecule has 0 radical (unpaired) electrons. The molecule has 0 unspecified atom stereocenters. The summed E-state index contributed by atoms with van der Waals surface area (Å²) in [5.41, 5.74) is 2.62. The number of rotatable bonds is 5. The molecule has 1 aromatic heterocycles. The highest BCUT2D eigenvalue weighted by Crippen LogP contribution is 2.20. The predicted octanol–water partition coefficient (Wildman–Crippen LogP) is 2.72. The summed E-state index contributed by atoms with van der Waals surface area (Å²) in [5, 5.41) is 3.59. The van der Waals surface area contributed by atoms with Crippen molar-refractivity contribution in [2.45, 2.75) is 32.9 Å². The lowest BCUT2D eigenvalue weighted by Crippen LogP contribution is -2.38. The molecule has 0 saturated heterocycles. The highest BCUT2D eigenvalue weighted by molar-refractivity contribution is 5.27. The van der Waals surface area contributed by atoms with Crippen molar-refractivity contribution < 1.29 is 0 Å². The lowest BCUT2D eigenvalue weighted by Gasteiger charge is -2.27. The zero-order valence-electron chi connectivity index (χ0n) is 11.4. The van der Waals surface area contributed by atoms with E-state index in [2.05, 4.69) is 59.9 Å². The summed E-state index contributed by atoms with van der Waals surface area (Å²) < 4.78 is 2.08. The van der Waals surface area contributed by atoms with Gasteiger partial charge >= 0.3 is 0 Å². The van der Waals surface area contributed by atoms with Gasteiger partial charge in [0.2, 0.25) is 0 Å². The van der Waals surface area contributed by atoms with Crippen LogP contribution in [0.15, 0.2) is 43.0 Å². The van der Waals surface area contributed by atoms with Crippen molar-refractivity contribution in [1.82, 2.24) is 14.9 Å². The largest absolute Gasteiger partial charge is 0.336 e. The van der Waals surface area contributed by atoms with Gasteiger partial charge in [0, 0.05) is 31.0 Å². The molecule has 0 fully saturated rings. The highest BCUT2D eigenvalue weighted by atomic mass is 15.1. The van der Waals surface area contributed by atoms with Crippen molar-refractivity contribution >= 4 is 0 Å². The van der Waals surface area contributed by atoms with E-state index in [1.807, 2.05) is 18.7 Å². The number of nitrogens with one attached hydrogen (secondary N) is 1. The minimum Gasteiger partial charge on any atom is -0.336 e. The molecule has 0 saturated carbocycles. The van der Waals surface area contributed by atoms with E-state index in [4.69, 9.17) is 0 Å². The van der Waals surface area contributed by atoms with Crippen LogP contribution in [0.5, 0.6) is 0 Å². The molecule has 1 N–H and O–H groups in total. The second-order valence-electron chi connectivity index (χ2n) is 5.22. The van der Waals surface area contributed by atoms with Gasteiger partial charge in [-0.05, 0) is 26.3 Å². The molecule has 0 aliphatic heterocycles. The summed E-state index contributed by atoms with van der Waals surface area (Å²) in [7, 11) is 0. The molecule has 1 aromatic carbocycles. The van der Waals surface area contributed by atoms with Crippen molar-refractivity contribution in [3.8, 4) is 0 Å². The number of aromatic nitrogens is 2. The van der Waals surface area contributed by atoms with Crippen LogP contribution in [-0.4, -0.2) is 16.1 Å². The molecule has 0 aliphatic rings. The second kappa shape index (κ2) is 5.36. The first-order valence-electron chi connectivity index (χ1n) is 6.36. The van der Waals surface area contributed by atoms with Crippen molar-refractivity contribution in [3.63, 3.8) is 0 Å². The van der Waals surface area contributed by atoms with Gasteiger partial charge < -0.3 is 9.88 Å². The molecule has 0 aliphatic carbocycles. The van der Waals surface area contributed by atoms with Crippen LogP contribution >= 0.6 is 0 Å². The first kappa shape index (κ1) is 12.8. The Morgan fingerprint density at radius 2 is 2.17 bits per heavy atom. The Hall–Kier alpha value is -1.61. The van der Waals surface area contributed by atoms with Gasteiger partial charge in [0.15, 0.2) is 0 Å². The van der Waals surface area contributed by atoms with Gasteiger partial charge in [0.05, 0.1) is 6.33 Å². The van der Waals surface area contributed by atoms with Crippen LogP contribution < -0.4 is 5.32 Å². The zero-order valence-corrected chi connectivity index (χ0v) is 11.4. The lowest BCUT2D eigenvalue weighted by atomic mass is 9.93. The second-order valence-corrected chi connectivity index (χ2v) is 5.22. The van der Waals surface area contributed by atoms with Gasteiger partial charge in [-0.15, -0.1) is 0 Å². The van der Waals surface area contributed by atoms with Gasteiger partial charge in [-0.1, -0.05) is 29.8 Å². The van der Waals surface area contributed by atoms with Crippen molar-refractivity contribution in [2.24, 2.45) is 0 Å². The number of hydrogen-bond acceptors (Lipinski definition) is 2. The maximum absolute atomic E-state index is 4.04. The first-order valence-corrected chi connectivity index (χ1v) is 6.36. The molecule has 0 spiro atoms. The number of nitrogens with zero attached hydrogens (tertiary/aromatic N) is 2. The average molecular weight is 243 g/mol. The third-order valence-electron chi connectivity index (χ3n) is 3.24. The summed E-state index contributed by atoms with van der Waals surface area (Å²) >= 11 is 0. The van der Waals surface area contributed by atoms with E-state index in [0.29, 0.717) is 0 Å². The molecule has 0 atom stereocenters. The Morgan fingerprint density at radius 1 is 1.33 bits per heavy atom. The molecule has 96 valence electrons. The average Bonchev–Trinajstić information content (AvgIpc) is 2.82. The zero-order chi connectivity index (χ0) is 13.0. The monoisotopic (exact) mass is 243 g/mol.